The standard InChI is InChI=1S/C23H23FN2O4S/c1-15-10-16(2)12-20(11-15)25-23(27)14-30-22-9-8-21(13-17(22)3)31(28,29)26-19-6-4-18(24)5-7-19/h4-13,26H,14H2,1-3H3,(H,25,27). The van der Waals surface area contributed by atoms with E-state index in [2.05, 4.69) is 10.0 Å². The fraction of sp³-hybridized carbons (Fsp3) is 0.174. The van der Waals surface area contributed by atoms with Crippen LogP contribution in [-0.4, -0.2) is 20.9 Å². The van der Waals surface area contributed by atoms with E-state index in [4.69, 9.17) is 4.74 Å². The fourth-order valence-corrected chi connectivity index (χ4v) is 4.21. The lowest BCUT2D eigenvalue weighted by molar-refractivity contribution is -0.118. The maximum atomic E-state index is 13.0. The second-order valence-corrected chi connectivity index (χ2v) is 8.94. The molecule has 0 heterocycles. The van der Waals surface area contributed by atoms with Gasteiger partial charge in [0, 0.05) is 11.4 Å². The molecule has 6 nitrogen and oxygen atoms in total. The second-order valence-electron chi connectivity index (χ2n) is 7.25. The summed E-state index contributed by atoms with van der Waals surface area (Å²) in [6, 6.07) is 15.1. The van der Waals surface area contributed by atoms with Crippen LogP contribution >= 0.6 is 0 Å². The van der Waals surface area contributed by atoms with E-state index < -0.39 is 15.8 Å². The molecule has 0 bridgehead atoms. The number of halogens is 1. The lowest BCUT2D eigenvalue weighted by Crippen LogP contribution is -2.20. The number of ether oxygens (including phenoxy) is 1. The summed E-state index contributed by atoms with van der Waals surface area (Å²) < 4.78 is 46.1. The Morgan fingerprint density at radius 1 is 0.903 bits per heavy atom. The first kappa shape index (κ1) is 22.3. The van der Waals surface area contributed by atoms with Gasteiger partial charge in [-0.1, -0.05) is 6.07 Å². The van der Waals surface area contributed by atoms with E-state index >= 15 is 0 Å². The largest absolute Gasteiger partial charge is 0.483 e. The van der Waals surface area contributed by atoms with Gasteiger partial charge in [0.2, 0.25) is 0 Å². The normalized spacial score (nSPS) is 11.1. The molecule has 0 aliphatic heterocycles. The fourth-order valence-electron chi connectivity index (χ4n) is 3.07. The molecule has 3 aromatic carbocycles. The first-order chi connectivity index (χ1) is 14.6. The molecule has 0 saturated heterocycles. The zero-order chi connectivity index (χ0) is 22.6. The summed E-state index contributed by atoms with van der Waals surface area (Å²) >= 11 is 0. The van der Waals surface area contributed by atoms with Crippen molar-refractivity contribution in [1.29, 1.82) is 0 Å². The van der Waals surface area contributed by atoms with Crippen LogP contribution in [0.2, 0.25) is 0 Å². The van der Waals surface area contributed by atoms with Crippen molar-refractivity contribution in [2.75, 3.05) is 16.6 Å². The zero-order valence-electron chi connectivity index (χ0n) is 17.4. The van der Waals surface area contributed by atoms with Crippen LogP contribution in [0, 0.1) is 26.6 Å². The monoisotopic (exact) mass is 442 g/mol. The van der Waals surface area contributed by atoms with Crippen LogP contribution in [0.5, 0.6) is 5.75 Å². The summed E-state index contributed by atoms with van der Waals surface area (Å²) in [5.74, 6) is -0.378. The Balaban J connectivity index is 1.64. The van der Waals surface area contributed by atoms with Crippen molar-refractivity contribution in [3.8, 4) is 5.75 Å². The Morgan fingerprint density at radius 2 is 1.55 bits per heavy atom. The van der Waals surface area contributed by atoms with Crippen molar-refractivity contribution in [2.45, 2.75) is 25.7 Å². The molecule has 31 heavy (non-hydrogen) atoms. The van der Waals surface area contributed by atoms with E-state index in [1.807, 2.05) is 32.0 Å². The number of benzene rings is 3. The molecule has 3 aromatic rings. The number of aryl methyl sites for hydroxylation is 3. The van der Waals surface area contributed by atoms with Crippen LogP contribution in [-0.2, 0) is 14.8 Å². The molecular formula is C23H23FN2O4S. The molecule has 0 atom stereocenters. The number of carbonyl (C=O) groups excluding carboxylic acids is 1. The van der Waals surface area contributed by atoms with E-state index in [0.29, 0.717) is 17.0 Å². The quantitative estimate of drug-likeness (QED) is 0.561. The first-order valence-corrected chi connectivity index (χ1v) is 11.0. The van der Waals surface area contributed by atoms with Crippen LogP contribution < -0.4 is 14.8 Å². The zero-order valence-corrected chi connectivity index (χ0v) is 18.2. The first-order valence-electron chi connectivity index (χ1n) is 9.52. The lowest BCUT2D eigenvalue weighted by Gasteiger charge is -2.13. The van der Waals surface area contributed by atoms with Gasteiger partial charge in [-0.15, -0.1) is 0 Å². The molecule has 0 unspecified atom stereocenters. The highest BCUT2D eigenvalue weighted by atomic mass is 32.2. The van der Waals surface area contributed by atoms with E-state index in [1.165, 1.54) is 42.5 Å². The number of hydrogen-bond acceptors (Lipinski definition) is 4. The maximum absolute atomic E-state index is 13.0. The number of anilines is 2. The molecule has 0 saturated carbocycles. The van der Waals surface area contributed by atoms with Gasteiger partial charge in [-0.25, -0.2) is 12.8 Å². The molecule has 1 amide bonds. The van der Waals surface area contributed by atoms with Crippen molar-refractivity contribution in [3.05, 3.63) is 83.2 Å². The van der Waals surface area contributed by atoms with Gasteiger partial charge in [-0.3, -0.25) is 9.52 Å². The van der Waals surface area contributed by atoms with Gasteiger partial charge in [0.05, 0.1) is 4.90 Å². The number of nitrogens with one attached hydrogen (secondary N) is 2. The average Bonchev–Trinajstić information content (AvgIpc) is 2.68. The smallest absolute Gasteiger partial charge is 0.262 e. The third-order valence-corrected chi connectivity index (χ3v) is 5.80. The van der Waals surface area contributed by atoms with Gasteiger partial charge in [0.15, 0.2) is 6.61 Å². The van der Waals surface area contributed by atoms with Crippen LogP contribution in [0.1, 0.15) is 16.7 Å². The Bertz CT molecular complexity index is 1190. The highest BCUT2D eigenvalue weighted by molar-refractivity contribution is 7.92. The predicted octanol–water partition coefficient (Wildman–Crippen LogP) is 4.57. The van der Waals surface area contributed by atoms with E-state index in [9.17, 15) is 17.6 Å². The maximum Gasteiger partial charge on any atom is 0.262 e. The lowest BCUT2D eigenvalue weighted by atomic mass is 10.1. The molecule has 3 rings (SSSR count). The minimum absolute atomic E-state index is 0.0290. The Hall–Kier alpha value is -3.39. The summed E-state index contributed by atoms with van der Waals surface area (Å²) in [6.45, 7) is 5.37. The van der Waals surface area contributed by atoms with E-state index in [1.54, 1.807) is 6.92 Å². The topological polar surface area (TPSA) is 84.5 Å². The van der Waals surface area contributed by atoms with Gasteiger partial charge in [-0.05, 0) is 92.1 Å². The van der Waals surface area contributed by atoms with Crippen LogP contribution in [0.3, 0.4) is 0 Å². The van der Waals surface area contributed by atoms with Crippen LogP contribution in [0.15, 0.2) is 65.6 Å². The molecule has 0 aliphatic rings. The molecule has 162 valence electrons. The second kappa shape index (κ2) is 9.18. The van der Waals surface area contributed by atoms with Crippen molar-refractivity contribution in [1.82, 2.24) is 0 Å². The highest BCUT2D eigenvalue weighted by Gasteiger charge is 2.16. The summed E-state index contributed by atoms with van der Waals surface area (Å²) in [5.41, 5.74) is 3.58. The molecule has 0 aliphatic carbocycles. The summed E-state index contributed by atoms with van der Waals surface area (Å²) in [6.07, 6.45) is 0. The van der Waals surface area contributed by atoms with Crippen molar-refractivity contribution in [2.24, 2.45) is 0 Å². The van der Waals surface area contributed by atoms with Crippen LogP contribution in [0.4, 0.5) is 15.8 Å². The van der Waals surface area contributed by atoms with Crippen molar-refractivity contribution >= 4 is 27.3 Å². The number of rotatable bonds is 7. The molecule has 0 spiro atoms. The van der Waals surface area contributed by atoms with Gasteiger partial charge < -0.3 is 10.1 Å². The summed E-state index contributed by atoms with van der Waals surface area (Å²) in [7, 11) is -3.85. The molecule has 2 N–H and O–H groups in total. The molecular weight excluding hydrogens is 419 g/mol. The Morgan fingerprint density at radius 3 is 2.16 bits per heavy atom. The van der Waals surface area contributed by atoms with E-state index in [0.717, 1.165) is 11.1 Å². The Labute approximate surface area is 181 Å². The van der Waals surface area contributed by atoms with Gasteiger partial charge in [0.1, 0.15) is 11.6 Å². The third kappa shape index (κ3) is 6.05. The molecule has 0 aromatic heterocycles. The van der Waals surface area contributed by atoms with E-state index in [-0.39, 0.29) is 23.1 Å². The average molecular weight is 443 g/mol. The van der Waals surface area contributed by atoms with Gasteiger partial charge in [-0.2, -0.15) is 0 Å². The number of sulfonamides is 1. The predicted molar refractivity (Wildman–Crippen MR) is 118 cm³/mol. The summed E-state index contributed by atoms with van der Waals surface area (Å²) in [4.78, 5) is 12.2. The summed E-state index contributed by atoms with van der Waals surface area (Å²) in [5, 5.41) is 2.78. The van der Waals surface area contributed by atoms with Gasteiger partial charge >= 0.3 is 0 Å². The number of amides is 1. The van der Waals surface area contributed by atoms with Crippen molar-refractivity contribution in [3.63, 3.8) is 0 Å². The minimum Gasteiger partial charge on any atom is -0.483 e. The molecule has 0 fully saturated rings. The highest BCUT2D eigenvalue weighted by Crippen LogP contribution is 2.24. The SMILES string of the molecule is Cc1cc(C)cc(NC(=O)COc2ccc(S(=O)(=O)Nc3ccc(F)cc3)cc2C)c1. The Kier molecular flexibility index (Phi) is 6.60. The minimum atomic E-state index is -3.85. The third-order valence-electron chi connectivity index (χ3n) is 4.42. The van der Waals surface area contributed by atoms with Gasteiger partial charge in [0.25, 0.3) is 15.9 Å². The number of hydrogen-bond donors (Lipinski definition) is 2. The van der Waals surface area contributed by atoms with Crippen molar-refractivity contribution < 1.29 is 22.3 Å². The number of carbonyl (C=O) groups is 1. The molecule has 8 heteroatoms. The molecule has 0 radical (unpaired) electrons. The van der Waals surface area contributed by atoms with Crippen LogP contribution in [0.25, 0.3) is 0 Å².